The summed E-state index contributed by atoms with van der Waals surface area (Å²) in [5, 5.41) is 7.14. The smallest absolute Gasteiger partial charge is 0.195 e. The van der Waals surface area contributed by atoms with Crippen molar-refractivity contribution >= 4 is 12.2 Å². The lowest BCUT2D eigenvalue weighted by molar-refractivity contribution is 0.0782. The third-order valence-corrected chi connectivity index (χ3v) is 3.66. The van der Waals surface area contributed by atoms with E-state index < -0.39 is 0 Å². The minimum absolute atomic E-state index is 0.381. The zero-order chi connectivity index (χ0) is 10.3. The third kappa shape index (κ3) is 1.32. The van der Waals surface area contributed by atoms with Crippen molar-refractivity contribution in [2.24, 2.45) is 5.41 Å². The molecule has 0 radical (unpaired) electrons. The molecule has 1 aromatic heterocycles. The minimum Gasteiger partial charge on any atom is -0.301 e. The molecular formula is C10H17N3S. The van der Waals surface area contributed by atoms with Crippen LogP contribution in [-0.4, -0.2) is 14.8 Å². The number of H-pyrrole nitrogens is 1. The molecule has 1 aliphatic rings. The van der Waals surface area contributed by atoms with Crippen molar-refractivity contribution in [3.05, 3.63) is 10.6 Å². The molecule has 0 spiro atoms. The summed E-state index contributed by atoms with van der Waals surface area (Å²) >= 11 is 5.26. The first-order chi connectivity index (χ1) is 6.56. The molecule has 1 unspecified atom stereocenters. The zero-order valence-corrected chi connectivity index (χ0v) is 9.82. The van der Waals surface area contributed by atoms with Crippen LogP contribution in [0.4, 0.5) is 0 Å². The van der Waals surface area contributed by atoms with Crippen molar-refractivity contribution < 1.29 is 0 Å². The fourth-order valence-electron chi connectivity index (χ4n) is 2.24. The molecule has 3 nitrogen and oxygen atoms in total. The molecule has 1 fully saturated rings. The number of hydrogen-bond acceptors (Lipinski definition) is 2. The largest absolute Gasteiger partial charge is 0.301 e. The summed E-state index contributed by atoms with van der Waals surface area (Å²) in [6.45, 7) is 6.72. The molecule has 4 heteroatoms. The van der Waals surface area contributed by atoms with E-state index in [1.807, 2.05) is 0 Å². The van der Waals surface area contributed by atoms with Crippen molar-refractivity contribution in [3.8, 4) is 0 Å². The normalized spacial score (nSPS) is 24.6. The average Bonchev–Trinajstić information content (AvgIpc) is 2.47. The van der Waals surface area contributed by atoms with Crippen LogP contribution in [0, 0.1) is 10.2 Å². The van der Waals surface area contributed by atoms with Gasteiger partial charge in [0, 0.05) is 12.5 Å². The summed E-state index contributed by atoms with van der Waals surface area (Å²) in [5.41, 5.74) is 0.381. The molecule has 0 saturated heterocycles. The standard InChI is InChI=1S/C10H17N3S/c1-4-8-11-12-9(14)13(8)7-5-6-10(7,2)3/h7H,4-6H2,1-3H3,(H,12,14). The number of aromatic nitrogens is 3. The Balaban J connectivity index is 2.41. The second kappa shape index (κ2) is 3.19. The summed E-state index contributed by atoms with van der Waals surface area (Å²) < 4.78 is 2.98. The lowest BCUT2D eigenvalue weighted by Gasteiger charge is -2.45. The van der Waals surface area contributed by atoms with Gasteiger partial charge in [-0.25, -0.2) is 0 Å². The fraction of sp³-hybridized carbons (Fsp3) is 0.800. The maximum atomic E-state index is 5.26. The van der Waals surface area contributed by atoms with Gasteiger partial charge >= 0.3 is 0 Å². The van der Waals surface area contributed by atoms with Crippen LogP contribution in [0.1, 0.15) is 45.5 Å². The Morgan fingerprint density at radius 3 is 2.79 bits per heavy atom. The first-order valence-electron chi connectivity index (χ1n) is 5.22. The number of nitrogens with zero attached hydrogens (tertiary/aromatic N) is 2. The predicted octanol–water partition coefficient (Wildman–Crippen LogP) is 2.86. The topological polar surface area (TPSA) is 33.6 Å². The van der Waals surface area contributed by atoms with Crippen LogP contribution in [0.25, 0.3) is 0 Å². The third-order valence-electron chi connectivity index (χ3n) is 3.37. The summed E-state index contributed by atoms with van der Waals surface area (Å²) in [5.74, 6) is 1.09. The molecule has 1 aromatic rings. The van der Waals surface area contributed by atoms with Crippen molar-refractivity contribution in [3.63, 3.8) is 0 Å². The molecule has 1 N–H and O–H groups in total. The Labute approximate surface area is 89.5 Å². The summed E-state index contributed by atoms with van der Waals surface area (Å²) in [7, 11) is 0. The van der Waals surface area contributed by atoms with Crippen molar-refractivity contribution in [1.82, 2.24) is 14.8 Å². The van der Waals surface area contributed by atoms with Crippen molar-refractivity contribution in [2.75, 3.05) is 0 Å². The Kier molecular flexibility index (Phi) is 2.26. The molecule has 0 amide bonds. The van der Waals surface area contributed by atoms with Crippen LogP contribution in [0.15, 0.2) is 0 Å². The van der Waals surface area contributed by atoms with E-state index in [-0.39, 0.29) is 0 Å². The molecule has 1 saturated carbocycles. The van der Waals surface area contributed by atoms with Gasteiger partial charge in [0.25, 0.3) is 0 Å². The Hall–Kier alpha value is -0.640. The van der Waals surface area contributed by atoms with E-state index in [0.717, 1.165) is 17.0 Å². The van der Waals surface area contributed by atoms with Crippen molar-refractivity contribution in [2.45, 2.75) is 46.1 Å². The van der Waals surface area contributed by atoms with E-state index in [0.29, 0.717) is 11.5 Å². The van der Waals surface area contributed by atoms with Gasteiger partial charge in [0.05, 0.1) is 0 Å². The van der Waals surface area contributed by atoms with E-state index in [1.165, 1.54) is 12.8 Å². The molecule has 78 valence electrons. The second-order valence-electron chi connectivity index (χ2n) is 4.71. The lowest BCUT2D eigenvalue weighted by Crippen LogP contribution is -2.37. The van der Waals surface area contributed by atoms with E-state index in [4.69, 9.17) is 12.2 Å². The Bertz CT molecular complexity index is 388. The van der Waals surface area contributed by atoms with Crippen LogP contribution >= 0.6 is 12.2 Å². The first kappa shape index (κ1) is 9.90. The Morgan fingerprint density at radius 2 is 2.36 bits per heavy atom. The molecule has 14 heavy (non-hydrogen) atoms. The fourth-order valence-corrected chi connectivity index (χ4v) is 2.52. The van der Waals surface area contributed by atoms with Crippen LogP contribution in [-0.2, 0) is 6.42 Å². The van der Waals surface area contributed by atoms with Gasteiger partial charge in [-0.15, -0.1) is 0 Å². The lowest BCUT2D eigenvalue weighted by atomic mass is 9.67. The van der Waals surface area contributed by atoms with Gasteiger partial charge in [-0.1, -0.05) is 20.8 Å². The second-order valence-corrected chi connectivity index (χ2v) is 5.10. The molecule has 2 rings (SSSR count). The van der Waals surface area contributed by atoms with Gasteiger partial charge in [0.2, 0.25) is 0 Å². The molecule has 0 bridgehead atoms. The molecule has 1 aliphatic carbocycles. The van der Waals surface area contributed by atoms with E-state index in [2.05, 4.69) is 35.5 Å². The monoisotopic (exact) mass is 211 g/mol. The number of rotatable bonds is 2. The molecule has 0 aliphatic heterocycles. The average molecular weight is 211 g/mol. The van der Waals surface area contributed by atoms with Gasteiger partial charge in [0.15, 0.2) is 4.77 Å². The van der Waals surface area contributed by atoms with E-state index >= 15 is 0 Å². The Morgan fingerprint density at radius 1 is 1.64 bits per heavy atom. The number of aromatic amines is 1. The molecule has 0 aromatic carbocycles. The van der Waals surface area contributed by atoms with Gasteiger partial charge in [-0.05, 0) is 30.5 Å². The summed E-state index contributed by atoms with van der Waals surface area (Å²) in [4.78, 5) is 0. The zero-order valence-electron chi connectivity index (χ0n) is 9.00. The maximum absolute atomic E-state index is 5.26. The molecule has 1 atom stereocenters. The number of aryl methyl sites for hydroxylation is 1. The summed E-state index contributed by atoms with van der Waals surface area (Å²) in [6, 6.07) is 0.545. The number of nitrogens with one attached hydrogen (secondary N) is 1. The summed E-state index contributed by atoms with van der Waals surface area (Å²) in [6.07, 6.45) is 3.46. The number of hydrogen-bond donors (Lipinski definition) is 1. The highest BCUT2D eigenvalue weighted by Crippen LogP contribution is 2.49. The SMILES string of the molecule is CCc1n[nH]c(=S)n1C1CCC1(C)C. The molecule has 1 heterocycles. The highest BCUT2D eigenvalue weighted by Gasteiger charge is 2.40. The highest BCUT2D eigenvalue weighted by atomic mass is 32.1. The maximum Gasteiger partial charge on any atom is 0.195 e. The van der Waals surface area contributed by atoms with Gasteiger partial charge in [0.1, 0.15) is 5.82 Å². The van der Waals surface area contributed by atoms with E-state index in [9.17, 15) is 0 Å². The minimum atomic E-state index is 0.381. The first-order valence-corrected chi connectivity index (χ1v) is 5.63. The van der Waals surface area contributed by atoms with Crippen LogP contribution < -0.4 is 0 Å². The van der Waals surface area contributed by atoms with Gasteiger partial charge in [-0.2, -0.15) is 5.10 Å². The molecular weight excluding hydrogens is 194 g/mol. The van der Waals surface area contributed by atoms with E-state index in [1.54, 1.807) is 0 Å². The predicted molar refractivity (Wildman–Crippen MR) is 58.8 cm³/mol. The quantitative estimate of drug-likeness (QED) is 0.763. The van der Waals surface area contributed by atoms with Crippen LogP contribution in [0.2, 0.25) is 0 Å². The van der Waals surface area contributed by atoms with Crippen LogP contribution in [0.5, 0.6) is 0 Å². The van der Waals surface area contributed by atoms with Gasteiger partial charge < -0.3 is 4.57 Å². The van der Waals surface area contributed by atoms with Crippen molar-refractivity contribution in [1.29, 1.82) is 0 Å². The van der Waals surface area contributed by atoms with Gasteiger partial charge in [-0.3, -0.25) is 5.10 Å². The van der Waals surface area contributed by atoms with Crippen LogP contribution in [0.3, 0.4) is 0 Å². The highest BCUT2D eigenvalue weighted by molar-refractivity contribution is 7.71.